The van der Waals surface area contributed by atoms with Gasteiger partial charge in [0.15, 0.2) is 0 Å². The molecule has 0 aliphatic rings. The first kappa shape index (κ1) is 14.5. The van der Waals surface area contributed by atoms with Crippen molar-refractivity contribution in [3.63, 3.8) is 0 Å². The van der Waals surface area contributed by atoms with Crippen LogP contribution in [0.25, 0.3) is 0 Å². The molecule has 1 atom stereocenters. The Morgan fingerprint density at radius 2 is 1.89 bits per heavy atom. The predicted octanol–water partition coefficient (Wildman–Crippen LogP) is 2.00. The highest BCUT2D eigenvalue weighted by Gasteiger charge is 2.35. The maximum atomic E-state index is 11.5. The van der Waals surface area contributed by atoms with E-state index in [-0.39, 0.29) is 0 Å². The number of ether oxygens (including phenoxy) is 1. The zero-order valence-corrected chi connectivity index (χ0v) is 11.4. The fraction of sp³-hybridized carbons (Fsp3) is 0.500. The highest BCUT2D eigenvalue weighted by atomic mass is 16.5. The average Bonchev–Trinajstić information content (AvgIpc) is 2.28. The maximum absolute atomic E-state index is 11.5. The number of rotatable bonds is 5. The number of carbonyl (C=O) groups is 1. The van der Waals surface area contributed by atoms with Crippen LogP contribution < -0.4 is 10.5 Å². The molecule has 1 aromatic rings. The fourth-order valence-electron chi connectivity index (χ4n) is 2.25. The fourth-order valence-corrected chi connectivity index (χ4v) is 2.25. The third-order valence-corrected chi connectivity index (χ3v) is 3.42. The lowest BCUT2D eigenvalue weighted by molar-refractivity contribution is -0.143. The molecular formula is C14H21NO3. The van der Waals surface area contributed by atoms with Gasteiger partial charge >= 0.3 is 5.97 Å². The van der Waals surface area contributed by atoms with E-state index < -0.39 is 11.4 Å². The van der Waals surface area contributed by atoms with Gasteiger partial charge in [-0.05, 0) is 50.4 Å². The number of aryl methyl sites for hydroxylation is 2. The monoisotopic (exact) mass is 251 g/mol. The number of aliphatic carboxylic acids is 1. The van der Waals surface area contributed by atoms with Crippen molar-refractivity contribution < 1.29 is 14.6 Å². The van der Waals surface area contributed by atoms with Gasteiger partial charge in [-0.3, -0.25) is 4.79 Å². The molecular weight excluding hydrogens is 230 g/mol. The van der Waals surface area contributed by atoms with E-state index in [1.807, 2.05) is 26.0 Å². The molecule has 0 fully saturated rings. The van der Waals surface area contributed by atoms with Crippen molar-refractivity contribution in [2.75, 3.05) is 13.7 Å². The molecule has 0 heterocycles. The standard InChI is InChI=1S/C14H21NO3/c1-9-7-11(8-10(2)12(9)18-4)14(3,5-6-15)13(16)17/h7-8H,5-6,15H2,1-4H3,(H,16,17). The normalized spacial score (nSPS) is 14.1. The number of methoxy groups -OCH3 is 1. The summed E-state index contributed by atoms with van der Waals surface area (Å²) in [7, 11) is 1.62. The van der Waals surface area contributed by atoms with E-state index in [1.54, 1.807) is 14.0 Å². The molecule has 1 unspecified atom stereocenters. The third-order valence-electron chi connectivity index (χ3n) is 3.42. The Kier molecular flexibility index (Phi) is 4.35. The zero-order valence-electron chi connectivity index (χ0n) is 11.4. The maximum Gasteiger partial charge on any atom is 0.313 e. The number of carboxylic acids is 1. The first-order valence-electron chi connectivity index (χ1n) is 5.96. The van der Waals surface area contributed by atoms with E-state index in [2.05, 4.69) is 0 Å². The number of benzene rings is 1. The molecule has 0 aliphatic heterocycles. The summed E-state index contributed by atoms with van der Waals surface area (Å²) in [4.78, 5) is 11.5. The van der Waals surface area contributed by atoms with Crippen molar-refractivity contribution in [3.05, 3.63) is 28.8 Å². The van der Waals surface area contributed by atoms with Gasteiger partial charge in [0.25, 0.3) is 0 Å². The molecule has 0 amide bonds. The van der Waals surface area contributed by atoms with Crippen molar-refractivity contribution in [2.24, 2.45) is 5.73 Å². The van der Waals surface area contributed by atoms with Crippen LogP contribution in [0.1, 0.15) is 30.0 Å². The van der Waals surface area contributed by atoms with Crippen LogP contribution in [0.4, 0.5) is 0 Å². The van der Waals surface area contributed by atoms with Gasteiger partial charge < -0.3 is 15.6 Å². The van der Waals surface area contributed by atoms with Gasteiger partial charge in [-0.25, -0.2) is 0 Å². The van der Waals surface area contributed by atoms with Gasteiger partial charge in [0.1, 0.15) is 5.75 Å². The van der Waals surface area contributed by atoms with E-state index in [0.717, 1.165) is 22.4 Å². The molecule has 1 rings (SSSR count). The minimum Gasteiger partial charge on any atom is -0.496 e. The minimum atomic E-state index is -0.948. The van der Waals surface area contributed by atoms with Crippen molar-refractivity contribution >= 4 is 5.97 Å². The Morgan fingerprint density at radius 3 is 2.22 bits per heavy atom. The molecule has 0 saturated carbocycles. The molecule has 0 bridgehead atoms. The molecule has 1 aromatic carbocycles. The molecule has 18 heavy (non-hydrogen) atoms. The number of carboxylic acid groups (broad SMARTS) is 1. The number of hydrogen-bond acceptors (Lipinski definition) is 3. The highest BCUT2D eigenvalue weighted by Crippen LogP contribution is 2.33. The Morgan fingerprint density at radius 1 is 1.39 bits per heavy atom. The molecule has 0 aromatic heterocycles. The molecule has 4 nitrogen and oxygen atoms in total. The smallest absolute Gasteiger partial charge is 0.313 e. The van der Waals surface area contributed by atoms with Gasteiger partial charge in [-0.2, -0.15) is 0 Å². The first-order chi connectivity index (χ1) is 8.36. The van der Waals surface area contributed by atoms with Crippen LogP contribution >= 0.6 is 0 Å². The quantitative estimate of drug-likeness (QED) is 0.839. The van der Waals surface area contributed by atoms with Crippen LogP contribution in [0.5, 0.6) is 5.75 Å². The summed E-state index contributed by atoms with van der Waals surface area (Å²) in [6.07, 6.45) is 0.410. The third kappa shape index (κ3) is 2.48. The summed E-state index contributed by atoms with van der Waals surface area (Å²) >= 11 is 0. The summed E-state index contributed by atoms with van der Waals surface area (Å²) in [6, 6.07) is 3.74. The zero-order chi connectivity index (χ0) is 13.9. The van der Waals surface area contributed by atoms with Crippen LogP contribution in [0.15, 0.2) is 12.1 Å². The molecule has 100 valence electrons. The van der Waals surface area contributed by atoms with E-state index in [1.165, 1.54) is 0 Å². The summed E-state index contributed by atoms with van der Waals surface area (Å²) in [5.41, 5.74) is 7.24. The summed E-state index contributed by atoms with van der Waals surface area (Å²) < 4.78 is 5.29. The van der Waals surface area contributed by atoms with Crippen LogP contribution in [0.2, 0.25) is 0 Å². The van der Waals surface area contributed by atoms with Crippen LogP contribution in [-0.4, -0.2) is 24.7 Å². The van der Waals surface area contributed by atoms with E-state index in [4.69, 9.17) is 10.5 Å². The Bertz CT molecular complexity index is 433. The van der Waals surface area contributed by atoms with Gasteiger partial charge in [-0.1, -0.05) is 12.1 Å². The largest absolute Gasteiger partial charge is 0.496 e. The van der Waals surface area contributed by atoms with Gasteiger partial charge in [0, 0.05) is 0 Å². The SMILES string of the molecule is COc1c(C)cc(C(C)(CCN)C(=O)O)cc1C. The predicted molar refractivity (Wildman–Crippen MR) is 71.1 cm³/mol. The lowest BCUT2D eigenvalue weighted by Crippen LogP contribution is -2.35. The van der Waals surface area contributed by atoms with Crippen LogP contribution in [0.3, 0.4) is 0 Å². The van der Waals surface area contributed by atoms with Gasteiger partial charge in [0.05, 0.1) is 12.5 Å². The lowest BCUT2D eigenvalue weighted by atomic mass is 9.78. The average molecular weight is 251 g/mol. The van der Waals surface area contributed by atoms with Crippen molar-refractivity contribution in [1.29, 1.82) is 0 Å². The summed E-state index contributed by atoms with van der Waals surface area (Å²) in [6.45, 7) is 5.88. The van der Waals surface area contributed by atoms with Crippen molar-refractivity contribution in [1.82, 2.24) is 0 Å². The second kappa shape index (κ2) is 5.40. The Hall–Kier alpha value is -1.55. The highest BCUT2D eigenvalue weighted by molar-refractivity contribution is 5.81. The van der Waals surface area contributed by atoms with Crippen LogP contribution in [-0.2, 0) is 10.2 Å². The van der Waals surface area contributed by atoms with Crippen LogP contribution in [0, 0.1) is 13.8 Å². The number of nitrogens with two attached hydrogens (primary N) is 1. The molecule has 4 heteroatoms. The topological polar surface area (TPSA) is 72.5 Å². The van der Waals surface area contributed by atoms with Gasteiger partial charge in [-0.15, -0.1) is 0 Å². The molecule has 0 radical (unpaired) electrons. The van der Waals surface area contributed by atoms with Crippen molar-refractivity contribution in [2.45, 2.75) is 32.6 Å². The molecule has 3 N–H and O–H groups in total. The van der Waals surface area contributed by atoms with E-state index in [0.29, 0.717) is 13.0 Å². The Labute approximate surface area is 108 Å². The lowest BCUT2D eigenvalue weighted by Gasteiger charge is -2.26. The van der Waals surface area contributed by atoms with E-state index in [9.17, 15) is 9.90 Å². The number of hydrogen-bond donors (Lipinski definition) is 2. The summed E-state index contributed by atoms with van der Waals surface area (Å²) in [5, 5.41) is 9.44. The van der Waals surface area contributed by atoms with Gasteiger partial charge in [0.2, 0.25) is 0 Å². The molecule has 0 aliphatic carbocycles. The Balaban J connectivity index is 3.35. The molecule has 0 saturated heterocycles. The molecule has 0 spiro atoms. The minimum absolute atomic E-state index is 0.340. The summed E-state index contributed by atoms with van der Waals surface area (Å²) in [5.74, 6) is -0.0452. The first-order valence-corrected chi connectivity index (χ1v) is 5.96. The van der Waals surface area contributed by atoms with E-state index >= 15 is 0 Å². The van der Waals surface area contributed by atoms with Crippen molar-refractivity contribution in [3.8, 4) is 5.75 Å². The second-order valence-corrected chi connectivity index (χ2v) is 4.82. The second-order valence-electron chi connectivity index (χ2n) is 4.82.